The number of nitrogens with zero attached hydrogens (tertiary/aromatic N) is 2. The molecule has 0 fully saturated rings. The first kappa shape index (κ1) is 24.8. The number of ketones is 1. The summed E-state index contributed by atoms with van der Waals surface area (Å²) in [5.74, 6) is -1.33. The number of hydrogen-bond donors (Lipinski definition) is 1. The molecule has 0 radical (unpaired) electrons. The summed E-state index contributed by atoms with van der Waals surface area (Å²) in [6.07, 6.45) is 0. The molecule has 4 aromatic rings. The van der Waals surface area contributed by atoms with Gasteiger partial charge in [0.05, 0.1) is 11.6 Å². The summed E-state index contributed by atoms with van der Waals surface area (Å²) in [6, 6.07) is 21.5. The van der Waals surface area contributed by atoms with Crippen molar-refractivity contribution in [2.75, 3.05) is 23.9 Å². The van der Waals surface area contributed by atoms with E-state index in [1.165, 1.54) is 4.90 Å². The maximum absolute atomic E-state index is 13.8. The van der Waals surface area contributed by atoms with Gasteiger partial charge in [0, 0.05) is 35.3 Å². The summed E-state index contributed by atoms with van der Waals surface area (Å²) in [5, 5.41) is 11.8. The molecule has 0 bridgehead atoms. The maximum Gasteiger partial charge on any atom is 0.294 e. The molecule has 0 spiro atoms. The second kappa shape index (κ2) is 9.56. The van der Waals surface area contributed by atoms with E-state index in [1.54, 1.807) is 12.1 Å². The lowest BCUT2D eigenvalue weighted by Gasteiger charge is -2.27. The number of benzene rings is 3. The van der Waals surface area contributed by atoms with Crippen LogP contribution in [0.15, 0.2) is 93.0 Å². The fourth-order valence-corrected chi connectivity index (χ4v) is 5.03. The molecule has 1 amide bonds. The second-order valence-corrected chi connectivity index (χ2v) is 10.6. The molecular formula is C30H27BrN2O4. The first-order valence-corrected chi connectivity index (χ1v) is 12.8. The number of halogens is 1. The Labute approximate surface area is 223 Å². The van der Waals surface area contributed by atoms with Crippen LogP contribution in [0.1, 0.15) is 47.5 Å². The number of aliphatic hydroxyl groups excluding tert-OH is 1. The molecule has 1 N–H and O–H groups in total. The van der Waals surface area contributed by atoms with E-state index in [4.69, 9.17) is 4.42 Å². The van der Waals surface area contributed by atoms with Crippen molar-refractivity contribution in [3.8, 4) is 0 Å². The molecule has 0 saturated carbocycles. The van der Waals surface area contributed by atoms with E-state index >= 15 is 0 Å². The number of fused-ring (bicyclic) bond motifs is 1. The van der Waals surface area contributed by atoms with Crippen LogP contribution >= 0.6 is 15.9 Å². The highest BCUT2D eigenvalue weighted by atomic mass is 79.9. The van der Waals surface area contributed by atoms with E-state index < -0.39 is 23.5 Å². The minimum absolute atomic E-state index is 0.00268. The monoisotopic (exact) mass is 558 g/mol. The van der Waals surface area contributed by atoms with Gasteiger partial charge in [0.15, 0.2) is 11.5 Å². The van der Waals surface area contributed by atoms with Gasteiger partial charge in [0.1, 0.15) is 5.58 Å². The standard InChI is InChI=1S/C30H27BrN2O4/c1-17(2)18-5-7-19(8-6-18)27-26(28(34)25-16-20-15-21(31)9-14-24(20)37-25)29(35)30(36)33(27)23-12-10-22(11-13-23)32(3)4/h5-17,27,35H,1-4H3. The quantitative estimate of drug-likeness (QED) is 0.254. The van der Waals surface area contributed by atoms with E-state index in [-0.39, 0.29) is 11.3 Å². The molecule has 37 heavy (non-hydrogen) atoms. The average Bonchev–Trinajstić information content (AvgIpc) is 3.42. The first-order valence-electron chi connectivity index (χ1n) is 12.0. The van der Waals surface area contributed by atoms with E-state index in [2.05, 4.69) is 29.8 Å². The lowest BCUT2D eigenvalue weighted by atomic mass is 9.92. The van der Waals surface area contributed by atoms with Crippen molar-refractivity contribution in [1.29, 1.82) is 0 Å². The average molecular weight is 559 g/mol. The van der Waals surface area contributed by atoms with Gasteiger partial charge >= 0.3 is 0 Å². The van der Waals surface area contributed by atoms with Gasteiger partial charge in [-0.3, -0.25) is 14.5 Å². The number of hydrogen-bond acceptors (Lipinski definition) is 5. The summed E-state index contributed by atoms with van der Waals surface area (Å²) in [7, 11) is 3.87. The largest absolute Gasteiger partial charge is 0.503 e. The Morgan fingerprint density at radius 2 is 1.68 bits per heavy atom. The van der Waals surface area contributed by atoms with Crippen LogP contribution in [-0.2, 0) is 4.79 Å². The van der Waals surface area contributed by atoms with Gasteiger partial charge in [-0.25, -0.2) is 0 Å². The Hall–Kier alpha value is -3.84. The SMILES string of the molecule is CC(C)c1ccc(C2C(C(=O)c3cc4cc(Br)ccc4o3)=C(O)C(=O)N2c2ccc(N(C)C)cc2)cc1. The van der Waals surface area contributed by atoms with Crippen molar-refractivity contribution in [2.45, 2.75) is 25.8 Å². The van der Waals surface area contributed by atoms with E-state index in [9.17, 15) is 14.7 Å². The van der Waals surface area contributed by atoms with Crippen LogP contribution < -0.4 is 9.80 Å². The molecular weight excluding hydrogens is 532 g/mol. The van der Waals surface area contributed by atoms with Crippen molar-refractivity contribution in [3.63, 3.8) is 0 Å². The normalized spacial score (nSPS) is 15.8. The second-order valence-electron chi connectivity index (χ2n) is 9.69. The molecule has 5 rings (SSSR count). The highest BCUT2D eigenvalue weighted by Gasteiger charge is 2.45. The van der Waals surface area contributed by atoms with Gasteiger partial charge in [-0.05, 0) is 65.6 Å². The molecule has 1 unspecified atom stereocenters. The summed E-state index contributed by atoms with van der Waals surface area (Å²) in [5.41, 5.74) is 3.95. The van der Waals surface area contributed by atoms with Gasteiger partial charge in [-0.2, -0.15) is 0 Å². The van der Waals surface area contributed by atoms with Crippen LogP contribution in [0, 0.1) is 0 Å². The molecule has 3 aromatic carbocycles. The van der Waals surface area contributed by atoms with Gasteiger partial charge in [-0.1, -0.05) is 54.0 Å². The summed E-state index contributed by atoms with van der Waals surface area (Å²) in [4.78, 5) is 30.7. The smallest absolute Gasteiger partial charge is 0.294 e. The third-order valence-corrected chi connectivity index (χ3v) is 7.21. The Morgan fingerprint density at radius 3 is 2.30 bits per heavy atom. The minimum Gasteiger partial charge on any atom is -0.503 e. The fourth-order valence-electron chi connectivity index (χ4n) is 4.65. The van der Waals surface area contributed by atoms with Crippen molar-refractivity contribution >= 4 is 50.0 Å². The summed E-state index contributed by atoms with van der Waals surface area (Å²) >= 11 is 3.44. The number of rotatable bonds is 6. The fraction of sp³-hybridized carbons (Fsp3) is 0.200. The van der Waals surface area contributed by atoms with Gasteiger partial charge in [0.2, 0.25) is 5.78 Å². The Morgan fingerprint density at radius 1 is 1.00 bits per heavy atom. The molecule has 1 aliphatic rings. The molecule has 2 heterocycles. The third-order valence-electron chi connectivity index (χ3n) is 6.72. The third kappa shape index (κ3) is 4.44. The van der Waals surface area contributed by atoms with E-state index in [0.717, 1.165) is 26.7 Å². The zero-order chi connectivity index (χ0) is 26.4. The van der Waals surface area contributed by atoms with Crippen LogP contribution in [-0.4, -0.2) is 30.9 Å². The van der Waals surface area contributed by atoms with Crippen LogP contribution in [0.5, 0.6) is 0 Å². The number of Topliss-reactive ketones (excluding diaryl/α,β-unsaturated/α-hetero) is 1. The molecule has 188 valence electrons. The number of carbonyl (C=O) groups excluding carboxylic acids is 2. The molecule has 1 aliphatic heterocycles. The number of aliphatic hydroxyl groups is 1. The number of carbonyl (C=O) groups is 2. The molecule has 1 aromatic heterocycles. The molecule has 7 heteroatoms. The number of furan rings is 1. The van der Waals surface area contributed by atoms with Gasteiger partial charge in [0.25, 0.3) is 5.91 Å². The van der Waals surface area contributed by atoms with Crippen LogP contribution in [0.3, 0.4) is 0 Å². The highest BCUT2D eigenvalue weighted by molar-refractivity contribution is 9.10. The Balaban J connectivity index is 1.63. The maximum atomic E-state index is 13.8. The zero-order valence-electron chi connectivity index (χ0n) is 21.0. The van der Waals surface area contributed by atoms with E-state index in [0.29, 0.717) is 17.2 Å². The number of amides is 1. The minimum atomic E-state index is -0.814. The molecule has 6 nitrogen and oxygen atoms in total. The van der Waals surface area contributed by atoms with Gasteiger partial charge in [-0.15, -0.1) is 0 Å². The van der Waals surface area contributed by atoms with E-state index in [1.807, 2.05) is 79.7 Å². The van der Waals surface area contributed by atoms with Crippen LogP contribution in [0.4, 0.5) is 11.4 Å². The Kier molecular flexibility index (Phi) is 6.42. The molecule has 1 atom stereocenters. The van der Waals surface area contributed by atoms with Crippen molar-refractivity contribution in [3.05, 3.63) is 105 Å². The number of anilines is 2. The van der Waals surface area contributed by atoms with Gasteiger partial charge < -0.3 is 14.4 Å². The van der Waals surface area contributed by atoms with Crippen LogP contribution in [0.25, 0.3) is 11.0 Å². The summed E-state index contributed by atoms with van der Waals surface area (Å²) < 4.78 is 6.70. The molecule has 0 saturated heterocycles. The van der Waals surface area contributed by atoms with Crippen molar-refractivity contribution < 1.29 is 19.1 Å². The Bertz CT molecular complexity index is 1530. The predicted molar refractivity (Wildman–Crippen MR) is 149 cm³/mol. The topological polar surface area (TPSA) is 74.0 Å². The van der Waals surface area contributed by atoms with Crippen LogP contribution in [0.2, 0.25) is 0 Å². The predicted octanol–water partition coefficient (Wildman–Crippen LogP) is 7.17. The van der Waals surface area contributed by atoms with Crippen molar-refractivity contribution in [2.24, 2.45) is 0 Å². The summed E-state index contributed by atoms with van der Waals surface area (Å²) in [6.45, 7) is 4.21. The molecule has 0 aliphatic carbocycles. The van der Waals surface area contributed by atoms with Crippen molar-refractivity contribution in [1.82, 2.24) is 0 Å². The lowest BCUT2D eigenvalue weighted by Crippen LogP contribution is -2.31. The highest BCUT2D eigenvalue weighted by Crippen LogP contribution is 2.43. The lowest BCUT2D eigenvalue weighted by molar-refractivity contribution is -0.117. The zero-order valence-corrected chi connectivity index (χ0v) is 22.6. The first-order chi connectivity index (χ1) is 17.7.